The highest BCUT2D eigenvalue weighted by Gasteiger charge is 2.32. The minimum atomic E-state index is -0.498. The van der Waals surface area contributed by atoms with Crippen molar-refractivity contribution >= 4 is 18.3 Å². The Morgan fingerprint density at radius 3 is 2.23 bits per heavy atom. The summed E-state index contributed by atoms with van der Waals surface area (Å²) >= 11 is 0. The normalized spacial score (nSPS) is 19.2. The first-order chi connectivity index (χ1) is 5.55. The molecule has 0 aromatic heterocycles. The van der Waals surface area contributed by atoms with Gasteiger partial charge in [0, 0.05) is 26.2 Å². The molecule has 0 unspecified atom stereocenters. The summed E-state index contributed by atoms with van der Waals surface area (Å²) in [5.74, 6) is -0.246. The zero-order chi connectivity index (χ0) is 9.19. The maximum Gasteiger partial charge on any atom is 0.237 e. The number of nitrogens with one attached hydrogen (secondary N) is 1. The average Bonchev–Trinajstić information content (AvgIpc) is 2.06. The molecule has 0 bridgehead atoms. The topological polar surface area (TPSA) is 58.4 Å². The number of carbonyl (C=O) groups excluding carboxylic acids is 1. The van der Waals surface area contributed by atoms with Gasteiger partial charge in [0.15, 0.2) is 0 Å². The Morgan fingerprint density at radius 1 is 1.38 bits per heavy atom. The Bertz CT molecular complexity index is 178. The Hall–Kier alpha value is -0.320. The molecule has 1 aliphatic heterocycles. The van der Waals surface area contributed by atoms with Gasteiger partial charge < -0.3 is 11.1 Å². The maximum atomic E-state index is 11.1. The molecule has 0 aliphatic carbocycles. The quantitative estimate of drug-likeness (QED) is 0.647. The molecule has 0 radical (unpaired) electrons. The van der Waals surface area contributed by atoms with Gasteiger partial charge in [0.2, 0.25) is 5.91 Å². The third-order valence-corrected chi connectivity index (χ3v) is 2.51. The Labute approximate surface area is 85.3 Å². The highest BCUT2D eigenvalue weighted by atomic mass is 35.5. The molecule has 0 saturated carbocycles. The van der Waals surface area contributed by atoms with E-state index in [0.717, 1.165) is 26.2 Å². The second-order valence-corrected chi connectivity index (χ2v) is 3.66. The van der Waals surface area contributed by atoms with Crippen LogP contribution in [0.25, 0.3) is 0 Å². The van der Waals surface area contributed by atoms with Crippen molar-refractivity contribution in [3.8, 4) is 0 Å². The fourth-order valence-electron chi connectivity index (χ4n) is 1.38. The molecule has 5 heteroatoms. The summed E-state index contributed by atoms with van der Waals surface area (Å²) in [5, 5.41) is 3.23. The van der Waals surface area contributed by atoms with Crippen LogP contribution in [0, 0.1) is 0 Å². The van der Waals surface area contributed by atoms with Crippen molar-refractivity contribution in [3.63, 3.8) is 0 Å². The maximum absolute atomic E-state index is 11.1. The van der Waals surface area contributed by atoms with Crippen LogP contribution in [0.2, 0.25) is 0 Å². The van der Waals surface area contributed by atoms with Gasteiger partial charge in [-0.2, -0.15) is 0 Å². The van der Waals surface area contributed by atoms with Crippen molar-refractivity contribution in [2.24, 2.45) is 5.73 Å². The second-order valence-electron chi connectivity index (χ2n) is 3.66. The van der Waals surface area contributed by atoms with Crippen LogP contribution < -0.4 is 11.1 Å². The molecular formula is C8H18ClN3O. The van der Waals surface area contributed by atoms with Gasteiger partial charge in [-0.05, 0) is 13.8 Å². The largest absolute Gasteiger partial charge is 0.368 e. The first-order valence-corrected chi connectivity index (χ1v) is 4.31. The van der Waals surface area contributed by atoms with Crippen molar-refractivity contribution in [1.29, 1.82) is 0 Å². The highest BCUT2D eigenvalue weighted by Crippen LogP contribution is 2.13. The van der Waals surface area contributed by atoms with E-state index in [9.17, 15) is 4.79 Å². The molecule has 0 atom stereocenters. The number of hydrogen-bond acceptors (Lipinski definition) is 3. The van der Waals surface area contributed by atoms with Crippen LogP contribution in [-0.4, -0.2) is 42.5 Å². The van der Waals surface area contributed by atoms with Crippen LogP contribution in [0.15, 0.2) is 0 Å². The summed E-state index contributed by atoms with van der Waals surface area (Å²) in [5.41, 5.74) is 4.80. The Kier molecular flexibility index (Phi) is 4.67. The van der Waals surface area contributed by atoms with Crippen LogP contribution in [0.5, 0.6) is 0 Å². The lowest BCUT2D eigenvalue weighted by Crippen LogP contribution is -2.58. The van der Waals surface area contributed by atoms with E-state index in [2.05, 4.69) is 10.2 Å². The van der Waals surface area contributed by atoms with E-state index in [0.29, 0.717) is 0 Å². The van der Waals surface area contributed by atoms with E-state index < -0.39 is 5.54 Å². The summed E-state index contributed by atoms with van der Waals surface area (Å²) in [4.78, 5) is 13.2. The number of carbonyl (C=O) groups is 1. The monoisotopic (exact) mass is 207 g/mol. The SMILES string of the molecule is CC(C)(C(N)=O)N1CCNCC1.Cl. The van der Waals surface area contributed by atoms with Gasteiger partial charge in [0.25, 0.3) is 0 Å². The number of amides is 1. The van der Waals surface area contributed by atoms with Crippen molar-refractivity contribution in [3.05, 3.63) is 0 Å². The van der Waals surface area contributed by atoms with Crippen molar-refractivity contribution in [2.75, 3.05) is 26.2 Å². The minimum absolute atomic E-state index is 0. The van der Waals surface area contributed by atoms with E-state index in [-0.39, 0.29) is 18.3 Å². The smallest absolute Gasteiger partial charge is 0.237 e. The lowest BCUT2D eigenvalue weighted by molar-refractivity contribution is -0.128. The highest BCUT2D eigenvalue weighted by molar-refractivity contribution is 5.85. The molecule has 1 saturated heterocycles. The number of primary amides is 1. The first-order valence-electron chi connectivity index (χ1n) is 4.31. The Morgan fingerprint density at radius 2 is 1.85 bits per heavy atom. The summed E-state index contributed by atoms with van der Waals surface area (Å²) in [6, 6.07) is 0. The van der Waals surface area contributed by atoms with Crippen LogP contribution in [0.1, 0.15) is 13.8 Å². The zero-order valence-electron chi connectivity index (χ0n) is 8.17. The lowest BCUT2D eigenvalue weighted by atomic mass is 10.0. The summed E-state index contributed by atoms with van der Waals surface area (Å²) in [7, 11) is 0. The zero-order valence-corrected chi connectivity index (χ0v) is 8.99. The number of halogens is 1. The van der Waals surface area contributed by atoms with Gasteiger partial charge in [0.05, 0.1) is 5.54 Å². The first kappa shape index (κ1) is 12.7. The van der Waals surface area contributed by atoms with Gasteiger partial charge in [0.1, 0.15) is 0 Å². The number of rotatable bonds is 2. The fourth-order valence-corrected chi connectivity index (χ4v) is 1.38. The van der Waals surface area contributed by atoms with Gasteiger partial charge in [-0.3, -0.25) is 9.69 Å². The van der Waals surface area contributed by atoms with Crippen molar-refractivity contribution < 1.29 is 4.79 Å². The van der Waals surface area contributed by atoms with E-state index in [1.807, 2.05) is 13.8 Å². The van der Waals surface area contributed by atoms with E-state index >= 15 is 0 Å². The van der Waals surface area contributed by atoms with Gasteiger partial charge in [-0.15, -0.1) is 12.4 Å². The molecule has 78 valence electrons. The average molecular weight is 208 g/mol. The van der Waals surface area contributed by atoms with Gasteiger partial charge in [-0.25, -0.2) is 0 Å². The standard InChI is InChI=1S/C8H17N3O.ClH/c1-8(2,7(9)12)11-5-3-10-4-6-11;/h10H,3-6H2,1-2H3,(H2,9,12);1H. The van der Waals surface area contributed by atoms with Crippen LogP contribution in [-0.2, 0) is 4.79 Å². The predicted octanol–water partition coefficient (Wildman–Crippen LogP) is -0.423. The molecular weight excluding hydrogens is 190 g/mol. The fraction of sp³-hybridized carbons (Fsp3) is 0.875. The molecule has 1 heterocycles. The Balaban J connectivity index is 0.00000144. The van der Waals surface area contributed by atoms with Crippen LogP contribution >= 0.6 is 12.4 Å². The minimum Gasteiger partial charge on any atom is -0.368 e. The third kappa shape index (κ3) is 2.83. The molecule has 0 aromatic carbocycles. The van der Waals surface area contributed by atoms with E-state index in [4.69, 9.17) is 5.73 Å². The molecule has 3 N–H and O–H groups in total. The predicted molar refractivity (Wildman–Crippen MR) is 55.0 cm³/mol. The summed E-state index contributed by atoms with van der Waals surface area (Å²) in [6.07, 6.45) is 0. The van der Waals surface area contributed by atoms with Crippen LogP contribution in [0.4, 0.5) is 0 Å². The molecule has 1 amide bonds. The van der Waals surface area contributed by atoms with Gasteiger partial charge in [-0.1, -0.05) is 0 Å². The third-order valence-electron chi connectivity index (χ3n) is 2.51. The molecule has 0 aromatic rings. The summed E-state index contributed by atoms with van der Waals surface area (Å²) < 4.78 is 0. The molecule has 0 spiro atoms. The number of piperazine rings is 1. The van der Waals surface area contributed by atoms with E-state index in [1.54, 1.807) is 0 Å². The molecule has 1 aliphatic rings. The molecule has 1 fully saturated rings. The number of nitrogens with two attached hydrogens (primary N) is 1. The van der Waals surface area contributed by atoms with E-state index in [1.165, 1.54) is 0 Å². The lowest BCUT2D eigenvalue weighted by Gasteiger charge is -2.38. The molecule has 1 rings (SSSR count). The second kappa shape index (κ2) is 4.79. The molecule has 13 heavy (non-hydrogen) atoms. The number of hydrogen-bond donors (Lipinski definition) is 2. The summed E-state index contributed by atoms with van der Waals surface area (Å²) in [6.45, 7) is 7.43. The van der Waals surface area contributed by atoms with Crippen molar-refractivity contribution in [1.82, 2.24) is 10.2 Å². The molecule has 4 nitrogen and oxygen atoms in total. The van der Waals surface area contributed by atoms with Crippen LogP contribution in [0.3, 0.4) is 0 Å². The van der Waals surface area contributed by atoms with Gasteiger partial charge >= 0.3 is 0 Å². The number of nitrogens with zero attached hydrogens (tertiary/aromatic N) is 1. The van der Waals surface area contributed by atoms with Crippen molar-refractivity contribution in [2.45, 2.75) is 19.4 Å².